The molecule has 0 spiro atoms. The summed E-state index contributed by atoms with van der Waals surface area (Å²) >= 11 is 0. The predicted octanol–water partition coefficient (Wildman–Crippen LogP) is 1.90. The Balaban J connectivity index is 1.61. The minimum atomic E-state index is -1.10. The van der Waals surface area contributed by atoms with Crippen LogP contribution in [0.25, 0.3) is 0 Å². The summed E-state index contributed by atoms with van der Waals surface area (Å²) in [7, 11) is 0. The van der Waals surface area contributed by atoms with E-state index in [1.807, 2.05) is 0 Å². The molecule has 148 valence electrons. The van der Waals surface area contributed by atoms with Crippen LogP contribution in [0, 0.1) is 11.6 Å². The van der Waals surface area contributed by atoms with E-state index < -0.39 is 17.5 Å². The van der Waals surface area contributed by atoms with Gasteiger partial charge in [-0.25, -0.2) is 8.78 Å². The van der Waals surface area contributed by atoms with Gasteiger partial charge in [-0.1, -0.05) is 0 Å². The molecule has 0 atom stereocenters. The van der Waals surface area contributed by atoms with Crippen molar-refractivity contribution in [3.8, 4) is 0 Å². The highest BCUT2D eigenvalue weighted by Crippen LogP contribution is 2.19. The molecule has 2 heterocycles. The van der Waals surface area contributed by atoms with E-state index in [-0.39, 0.29) is 29.8 Å². The number of carbonyl (C=O) groups is 3. The lowest BCUT2D eigenvalue weighted by Gasteiger charge is -2.35. The summed E-state index contributed by atoms with van der Waals surface area (Å²) in [5.41, 5.74) is 0.103. The summed E-state index contributed by atoms with van der Waals surface area (Å²) in [5, 5.41) is 0. The summed E-state index contributed by atoms with van der Waals surface area (Å²) < 4.78 is 31.7. The number of hydrogen-bond acceptors (Lipinski definition) is 4. The number of rotatable bonds is 4. The van der Waals surface area contributed by atoms with E-state index >= 15 is 0 Å². The average molecular weight is 391 g/mol. The Labute approximate surface area is 160 Å². The van der Waals surface area contributed by atoms with Gasteiger partial charge in [0, 0.05) is 44.9 Å². The number of amides is 3. The number of benzene rings is 1. The van der Waals surface area contributed by atoms with Crippen LogP contribution in [-0.2, 0) is 9.59 Å². The minimum absolute atomic E-state index is 0.103. The van der Waals surface area contributed by atoms with Crippen LogP contribution in [0.2, 0.25) is 0 Å². The van der Waals surface area contributed by atoms with Crippen molar-refractivity contribution in [2.45, 2.75) is 6.92 Å². The molecule has 2 aromatic rings. The Morgan fingerprint density at radius 1 is 1.04 bits per heavy atom. The monoisotopic (exact) mass is 391 g/mol. The van der Waals surface area contributed by atoms with Gasteiger partial charge in [-0.3, -0.25) is 14.4 Å². The van der Waals surface area contributed by atoms with Gasteiger partial charge in [0.1, 0.15) is 6.54 Å². The highest BCUT2D eigenvalue weighted by molar-refractivity contribution is 5.97. The highest BCUT2D eigenvalue weighted by atomic mass is 19.2. The highest BCUT2D eigenvalue weighted by Gasteiger charge is 2.27. The molecule has 7 nitrogen and oxygen atoms in total. The fourth-order valence-corrected chi connectivity index (χ4v) is 2.99. The average Bonchev–Trinajstić information content (AvgIpc) is 3.22. The Bertz CT molecular complexity index is 877. The minimum Gasteiger partial charge on any atom is -0.459 e. The first-order valence-corrected chi connectivity index (χ1v) is 8.70. The third kappa shape index (κ3) is 4.19. The van der Waals surface area contributed by atoms with E-state index in [1.54, 1.807) is 17.0 Å². The maximum atomic E-state index is 13.5. The Hall–Kier alpha value is -3.23. The first kappa shape index (κ1) is 19.5. The van der Waals surface area contributed by atoms with Gasteiger partial charge in [-0.2, -0.15) is 0 Å². The number of anilines is 1. The van der Waals surface area contributed by atoms with Crippen LogP contribution in [0.4, 0.5) is 14.5 Å². The third-order valence-corrected chi connectivity index (χ3v) is 4.54. The zero-order valence-electron chi connectivity index (χ0n) is 15.2. The third-order valence-electron chi connectivity index (χ3n) is 4.54. The molecule has 1 fully saturated rings. The maximum absolute atomic E-state index is 13.5. The molecule has 1 saturated heterocycles. The SMILES string of the molecule is CC(=O)N(CC(=O)N1CCN(C(=O)c2ccco2)CC1)c1ccc(F)c(F)c1. The van der Waals surface area contributed by atoms with Crippen LogP contribution in [-0.4, -0.2) is 60.2 Å². The molecule has 0 bridgehead atoms. The topological polar surface area (TPSA) is 74.1 Å². The van der Waals surface area contributed by atoms with Crippen LogP contribution >= 0.6 is 0 Å². The second-order valence-electron chi connectivity index (χ2n) is 6.35. The lowest BCUT2D eigenvalue weighted by atomic mass is 10.2. The Morgan fingerprint density at radius 3 is 2.29 bits per heavy atom. The Morgan fingerprint density at radius 2 is 1.71 bits per heavy atom. The van der Waals surface area contributed by atoms with Crippen molar-refractivity contribution in [2.24, 2.45) is 0 Å². The normalized spacial score (nSPS) is 14.1. The predicted molar refractivity (Wildman–Crippen MR) is 95.6 cm³/mol. The summed E-state index contributed by atoms with van der Waals surface area (Å²) in [6, 6.07) is 6.23. The van der Waals surface area contributed by atoms with E-state index in [0.717, 1.165) is 17.0 Å². The van der Waals surface area contributed by atoms with Crippen LogP contribution in [0.15, 0.2) is 41.0 Å². The molecular weight excluding hydrogens is 372 g/mol. The quantitative estimate of drug-likeness (QED) is 0.798. The van der Waals surface area contributed by atoms with Crippen LogP contribution in [0.1, 0.15) is 17.5 Å². The van der Waals surface area contributed by atoms with E-state index in [4.69, 9.17) is 4.42 Å². The number of halogens is 2. The van der Waals surface area contributed by atoms with Crippen molar-refractivity contribution < 1.29 is 27.6 Å². The van der Waals surface area contributed by atoms with Crippen molar-refractivity contribution in [3.05, 3.63) is 54.0 Å². The molecule has 1 aliphatic heterocycles. The van der Waals surface area contributed by atoms with Gasteiger partial charge in [-0.05, 0) is 24.3 Å². The Kier molecular flexibility index (Phi) is 5.72. The van der Waals surface area contributed by atoms with Crippen molar-refractivity contribution in [1.29, 1.82) is 0 Å². The van der Waals surface area contributed by atoms with Crippen molar-refractivity contribution in [3.63, 3.8) is 0 Å². The molecule has 1 aromatic heterocycles. The first-order valence-electron chi connectivity index (χ1n) is 8.70. The van der Waals surface area contributed by atoms with Gasteiger partial charge in [0.15, 0.2) is 17.4 Å². The van der Waals surface area contributed by atoms with Gasteiger partial charge in [0.25, 0.3) is 5.91 Å². The van der Waals surface area contributed by atoms with Crippen LogP contribution < -0.4 is 4.90 Å². The molecule has 0 radical (unpaired) electrons. The van der Waals surface area contributed by atoms with Crippen LogP contribution in [0.5, 0.6) is 0 Å². The van der Waals surface area contributed by atoms with Gasteiger partial charge in [0.05, 0.1) is 6.26 Å². The van der Waals surface area contributed by atoms with Gasteiger partial charge >= 0.3 is 0 Å². The second-order valence-corrected chi connectivity index (χ2v) is 6.35. The number of furan rings is 1. The number of nitrogens with zero attached hydrogens (tertiary/aromatic N) is 3. The fraction of sp³-hybridized carbons (Fsp3) is 0.316. The van der Waals surface area contributed by atoms with Gasteiger partial charge in [-0.15, -0.1) is 0 Å². The molecule has 3 amide bonds. The van der Waals surface area contributed by atoms with Gasteiger partial charge < -0.3 is 19.1 Å². The van der Waals surface area contributed by atoms with Crippen molar-refractivity contribution in [1.82, 2.24) is 9.80 Å². The molecule has 1 aromatic carbocycles. The van der Waals surface area contributed by atoms with E-state index in [2.05, 4.69) is 0 Å². The standard InChI is InChI=1S/C19H19F2N3O4/c1-13(25)24(14-4-5-15(20)16(21)11-14)12-18(26)22-6-8-23(9-7-22)19(27)17-3-2-10-28-17/h2-5,10-11H,6-9,12H2,1H3. The second kappa shape index (κ2) is 8.20. The molecule has 0 N–H and O–H groups in total. The zero-order chi connectivity index (χ0) is 20.3. The molecule has 3 rings (SSSR count). The molecular formula is C19H19F2N3O4. The van der Waals surface area contributed by atoms with E-state index in [9.17, 15) is 23.2 Å². The lowest BCUT2D eigenvalue weighted by Crippen LogP contribution is -2.53. The fourth-order valence-electron chi connectivity index (χ4n) is 2.99. The number of carbonyl (C=O) groups excluding carboxylic acids is 3. The molecule has 0 unspecified atom stereocenters. The summed E-state index contributed by atoms with van der Waals surface area (Å²) in [5.74, 6) is -2.95. The van der Waals surface area contributed by atoms with Crippen LogP contribution in [0.3, 0.4) is 0 Å². The van der Waals surface area contributed by atoms with E-state index in [0.29, 0.717) is 26.2 Å². The first-order chi connectivity index (χ1) is 13.4. The zero-order valence-corrected chi connectivity index (χ0v) is 15.2. The molecule has 0 saturated carbocycles. The van der Waals surface area contributed by atoms with Crippen molar-refractivity contribution >= 4 is 23.4 Å². The van der Waals surface area contributed by atoms with Gasteiger partial charge in [0.2, 0.25) is 11.8 Å². The summed E-state index contributed by atoms with van der Waals surface area (Å²) in [4.78, 5) is 41.0. The smallest absolute Gasteiger partial charge is 0.289 e. The number of hydrogen-bond donors (Lipinski definition) is 0. The molecule has 1 aliphatic rings. The lowest BCUT2D eigenvalue weighted by molar-refractivity contribution is -0.132. The molecule has 9 heteroatoms. The number of piperazine rings is 1. The summed E-state index contributed by atoms with van der Waals surface area (Å²) in [6.07, 6.45) is 1.42. The molecule has 28 heavy (non-hydrogen) atoms. The summed E-state index contributed by atoms with van der Waals surface area (Å²) in [6.45, 7) is 2.21. The van der Waals surface area contributed by atoms with E-state index in [1.165, 1.54) is 24.2 Å². The largest absolute Gasteiger partial charge is 0.459 e. The maximum Gasteiger partial charge on any atom is 0.289 e. The molecule has 0 aliphatic carbocycles. The van der Waals surface area contributed by atoms with Crippen molar-refractivity contribution in [2.75, 3.05) is 37.6 Å².